The summed E-state index contributed by atoms with van der Waals surface area (Å²) >= 11 is 0. The van der Waals surface area contributed by atoms with Gasteiger partial charge in [-0.05, 0) is 40.3 Å². The van der Waals surface area contributed by atoms with Crippen LogP contribution in [0.15, 0.2) is 60.7 Å². The molecule has 3 aromatic rings. The smallest absolute Gasteiger partial charge is 0.169 e. The topological polar surface area (TPSA) is 58.9 Å². The summed E-state index contributed by atoms with van der Waals surface area (Å²) in [6, 6.07) is 20.5. The van der Waals surface area contributed by atoms with Crippen molar-refractivity contribution >= 4 is 0 Å². The molecule has 0 atom stereocenters. The van der Waals surface area contributed by atoms with E-state index in [1.54, 1.807) is 0 Å². The summed E-state index contributed by atoms with van der Waals surface area (Å²) in [5.74, 6) is 1.21. The van der Waals surface area contributed by atoms with Gasteiger partial charge in [-0.15, -0.1) is 0 Å². The van der Waals surface area contributed by atoms with Crippen molar-refractivity contribution in [3.8, 4) is 33.8 Å². The molecule has 1 aliphatic carbocycles. The van der Waals surface area contributed by atoms with E-state index in [1.807, 2.05) is 30.3 Å². The lowest BCUT2D eigenvalue weighted by molar-refractivity contribution is 0.179. The maximum absolute atomic E-state index is 9.29. The minimum atomic E-state index is -0.0784. The van der Waals surface area contributed by atoms with E-state index in [0.717, 1.165) is 23.1 Å². The Labute approximate surface area is 158 Å². The first-order chi connectivity index (χ1) is 13.3. The first-order valence-corrected chi connectivity index (χ1v) is 9.14. The summed E-state index contributed by atoms with van der Waals surface area (Å²) in [6.07, 6.45) is 0.825. The Kier molecular flexibility index (Phi) is 5.10. The fourth-order valence-electron chi connectivity index (χ4n) is 3.69. The van der Waals surface area contributed by atoms with E-state index in [1.165, 1.54) is 16.7 Å². The van der Waals surface area contributed by atoms with Gasteiger partial charge < -0.3 is 19.7 Å². The number of aliphatic hydroxyl groups is 2. The van der Waals surface area contributed by atoms with Gasteiger partial charge in [0, 0.05) is 5.56 Å². The third kappa shape index (κ3) is 3.29. The van der Waals surface area contributed by atoms with Crippen LogP contribution in [0.4, 0.5) is 0 Å². The summed E-state index contributed by atoms with van der Waals surface area (Å²) in [6.45, 7) is 0.212. The van der Waals surface area contributed by atoms with Gasteiger partial charge in [0.05, 0.1) is 13.2 Å². The number of benzene rings is 3. The standard InChI is InChI=1S/C23H22O4/c24-10-12-26-21-15-19-18-9-5-4-8-17(18)14-20(19)22(23(21)27-13-11-25)16-6-2-1-3-7-16/h1-9,15,24-25H,10-14H2. The molecule has 0 unspecified atom stereocenters. The number of rotatable bonds is 7. The molecule has 4 nitrogen and oxygen atoms in total. The van der Waals surface area contributed by atoms with E-state index in [9.17, 15) is 10.2 Å². The molecule has 0 heterocycles. The summed E-state index contributed by atoms with van der Waals surface area (Å²) in [5.41, 5.74) is 6.85. The van der Waals surface area contributed by atoms with E-state index in [-0.39, 0.29) is 26.4 Å². The molecule has 0 aromatic heterocycles. The van der Waals surface area contributed by atoms with Gasteiger partial charge in [-0.25, -0.2) is 0 Å². The zero-order valence-corrected chi connectivity index (χ0v) is 15.0. The molecule has 0 bridgehead atoms. The van der Waals surface area contributed by atoms with Gasteiger partial charge in [0.1, 0.15) is 13.2 Å². The molecule has 0 fully saturated rings. The molecule has 0 saturated carbocycles. The van der Waals surface area contributed by atoms with Crippen LogP contribution in [0, 0.1) is 0 Å². The number of ether oxygens (including phenoxy) is 2. The maximum atomic E-state index is 9.29. The van der Waals surface area contributed by atoms with Crippen molar-refractivity contribution in [2.45, 2.75) is 6.42 Å². The molecule has 0 aliphatic heterocycles. The number of hydrogen-bond donors (Lipinski definition) is 2. The van der Waals surface area contributed by atoms with Crippen molar-refractivity contribution < 1.29 is 19.7 Å². The molecule has 4 rings (SSSR count). The Morgan fingerprint density at radius 1 is 0.778 bits per heavy atom. The first-order valence-electron chi connectivity index (χ1n) is 9.14. The second-order valence-electron chi connectivity index (χ2n) is 6.45. The zero-order valence-electron chi connectivity index (χ0n) is 15.0. The maximum Gasteiger partial charge on any atom is 0.169 e. The lowest BCUT2D eigenvalue weighted by Crippen LogP contribution is -2.09. The van der Waals surface area contributed by atoms with Crippen LogP contribution in [0.2, 0.25) is 0 Å². The van der Waals surface area contributed by atoms with E-state index in [4.69, 9.17) is 9.47 Å². The minimum Gasteiger partial charge on any atom is -0.487 e. The van der Waals surface area contributed by atoms with Gasteiger partial charge in [-0.2, -0.15) is 0 Å². The van der Waals surface area contributed by atoms with Gasteiger partial charge in [-0.1, -0.05) is 54.6 Å². The minimum absolute atomic E-state index is 0.0756. The Hall–Kier alpha value is -2.82. The number of hydrogen-bond acceptors (Lipinski definition) is 4. The Bertz CT molecular complexity index is 935. The fourth-order valence-corrected chi connectivity index (χ4v) is 3.69. The van der Waals surface area contributed by atoms with Crippen LogP contribution in [0.3, 0.4) is 0 Å². The highest BCUT2D eigenvalue weighted by Crippen LogP contribution is 2.50. The van der Waals surface area contributed by atoms with Crippen LogP contribution >= 0.6 is 0 Å². The quantitative estimate of drug-likeness (QED) is 0.527. The molecule has 0 radical (unpaired) electrons. The van der Waals surface area contributed by atoms with Crippen LogP contribution in [-0.4, -0.2) is 36.6 Å². The third-order valence-electron chi connectivity index (χ3n) is 4.78. The second-order valence-corrected chi connectivity index (χ2v) is 6.45. The fraction of sp³-hybridized carbons (Fsp3) is 0.217. The summed E-state index contributed by atoms with van der Waals surface area (Å²) in [5, 5.41) is 18.5. The van der Waals surface area contributed by atoms with Crippen molar-refractivity contribution in [1.29, 1.82) is 0 Å². The van der Waals surface area contributed by atoms with Gasteiger partial charge in [0.2, 0.25) is 0 Å². The molecule has 1 aliphatic rings. The number of aliphatic hydroxyl groups excluding tert-OH is 2. The van der Waals surface area contributed by atoms with Gasteiger partial charge in [0.15, 0.2) is 11.5 Å². The Balaban J connectivity index is 1.96. The molecular formula is C23H22O4. The predicted molar refractivity (Wildman–Crippen MR) is 105 cm³/mol. The van der Waals surface area contributed by atoms with E-state index >= 15 is 0 Å². The van der Waals surface area contributed by atoms with Crippen molar-refractivity contribution in [3.63, 3.8) is 0 Å². The molecule has 2 N–H and O–H groups in total. The molecule has 4 heteroatoms. The Morgan fingerprint density at radius 3 is 2.26 bits per heavy atom. The highest BCUT2D eigenvalue weighted by atomic mass is 16.5. The monoisotopic (exact) mass is 362 g/mol. The summed E-state index contributed by atoms with van der Waals surface area (Å²) in [7, 11) is 0. The molecular weight excluding hydrogens is 340 g/mol. The Morgan fingerprint density at radius 2 is 1.48 bits per heavy atom. The van der Waals surface area contributed by atoms with E-state index in [2.05, 4.69) is 30.3 Å². The van der Waals surface area contributed by atoms with Crippen molar-refractivity contribution in [2.75, 3.05) is 26.4 Å². The highest BCUT2D eigenvalue weighted by Gasteiger charge is 2.27. The SMILES string of the molecule is OCCOc1cc2c(c(-c3ccccc3)c1OCCO)Cc1ccccc1-2. The lowest BCUT2D eigenvalue weighted by atomic mass is 9.94. The van der Waals surface area contributed by atoms with Crippen molar-refractivity contribution in [3.05, 3.63) is 71.8 Å². The van der Waals surface area contributed by atoms with E-state index < -0.39 is 0 Å². The van der Waals surface area contributed by atoms with Crippen LogP contribution in [0.5, 0.6) is 11.5 Å². The molecule has 0 amide bonds. The zero-order chi connectivity index (χ0) is 18.6. The van der Waals surface area contributed by atoms with Gasteiger partial charge in [0.25, 0.3) is 0 Å². The first kappa shape index (κ1) is 17.6. The third-order valence-corrected chi connectivity index (χ3v) is 4.78. The molecule has 0 saturated heterocycles. The van der Waals surface area contributed by atoms with Crippen LogP contribution < -0.4 is 9.47 Å². The lowest BCUT2D eigenvalue weighted by Gasteiger charge is -2.20. The molecule has 27 heavy (non-hydrogen) atoms. The largest absolute Gasteiger partial charge is 0.487 e. The average molecular weight is 362 g/mol. The van der Waals surface area contributed by atoms with Crippen LogP contribution in [-0.2, 0) is 6.42 Å². The van der Waals surface area contributed by atoms with E-state index in [0.29, 0.717) is 11.5 Å². The summed E-state index contributed by atoms with van der Waals surface area (Å²) in [4.78, 5) is 0. The molecule has 3 aromatic carbocycles. The predicted octanol–water partition coefficient (Wildman–Crippen LogP) is 3.67. The number of fused-ring (bicyclic) bond motifs is 3. The molecule has 0 spiro atoms. The highest BCUT2D eigenvalue weighted by molar-refractivity contribution is 5.90. The van der Waals surface area contributed by atoms with Gasteiger partial charge in [-0.3, -0.25) is 0 Å². The summed E-state index contributed by atoms with van der Waals surface area (Å²) < 4.78 is 11.8. The normalized spacial score (nSPS) is 11.8. The second kappa shape index (κ2) is 7.82. The van der Waals surface area contributed by atoms with Crippen LogP contribution in [0.1, 0.15) is 11.1 Å². The van der Waals surface area contributed by atoms with Gasteiger partial charge >= 0.3 is 0 Å². The molecule has 138 valence electrons. The van der Waals surface area contributed by atoms with Crippen LogP contribution in [0.25, 0.3) is 22.3 Å². The van der Waals surface area contributed by atoms with Crippen molar-refractivity contribution in [2.24, 2.45) is 0 Å². The average Bonchev–Trinajstić information content (AvgIpc) is 3.08. The van der Waals surface area contributed by atoms with Crippen molar-refractivity contribution in [1.82, 2.24) is 0 Å².